The highest BCUT2D eigenvalue weighted by atomic mass is 15.4. The zero-order valence-corrected chi connectivity index (χ0v) is 7.09. The van der Waals surface area contributed by atoms with E-state index < -0.39 is 0 Å². The number of allylic oxidation sites excluding steroid dienone is 1. The predicted molar refractivity (Wildman–Crippen MR) is 45.5 cm³/mol. The molecule has 62 valence electrons. The summed E-state index contributed by atoms with van der Waals surface area (Å²) < 4.78 is 0. The van der Waals surface area contributed by atoms with E-state index in [1.54, 1.807) is 0 Å². The van der Waals surface area contributed by atoms with Gasteiger partial charge in [-0.05, 0) is 19.8 Å². The maximum Gasteiger partial charge on any atom is 0.0511 e. The molecule has 1 heterocycles. The fourth-order valence-corrected chi connectivity index (χ4v) is 2.34. The second-order valence-electron chi connectivity index (χ2n) is 3.73. The SMILES string of the molecule is CC1=CC2CCCCC2N1N. The highest BCUT2D eigenvalue weighted by molar-refractivity contribution is 5.12. The molecule has 0 bridgehead atoms. The molecular weight excluding hydrogens is 136 g/mol. The van der Waals surface area contributed by atoms with E-state index in [0.717, 1.165) is 5.92 Å². The largest absolute Gasteiger partial charge is 0.312 e. The van der Waals surface area contributed by atoms with Gasteiger partial charge >= 0.3 is 0 Å². The summed E-state index contributed by atoms with van der Waals surface area (Å²) >= 11 is 0. The van der Waals surface area contributed by atoms with Gasteiger partial charge in [0.25, 0.3) is 0 Å². The van der Waals surface area contributed by atoms with Crippen LogP contribution < -0.4 is 5.84 Å². The van der Waals surface area contributed by atoms with Crippen LogP contribution in [0.3, 0.4) is 0 Å². The van der Waals surface area contributed by atoms with E-state index in [0.29, 0.717) is 6.04 Å². The van der Waals surface area contributed by atoms with Gasteiger partial charge in [-0.25, -0.2) is 5.84 Å². The summed E-state index contributed by atoms with van der Waals surface area (Å²) in [4.78, 5) is 0. The van der Waals surface area contributed by atoms with Crippen molar-refractivity contribution in [1.82, 2.24) is 5.01 Å². The molecule has 2 nitrogen and oxygen atoms in total. The molecule has 0 aromatic carbocycles. The van der Waals surface area contributed by atoms with Gasteiger partial charge in [0, 0.05) is 11.6 Å². The van der Waals surface area contributed by atoms with Crippen LogP contribution in [0.4, 0.5) is 0 Å². The molecule has 0 aromatic rings. The second kappa shape index (κ2) is 2.52. The second-order valence-corrected chi connectivity index (χ2v) is 3.73. The molecule has 2 rings (SSSR count). The van der Waals surface area contributed by atoms with Crippen molar-refractivity contribution < 1.29 is 0 Å². The fourth-order valence-electron chi connectivity index (χ4n) is 2.34. The summed E-state index contributed by atoms with van der Waals surface area (Å²) in [5, 5.41) is 1.96. The molecule has 0 radical (unpaired) electrons. The Morgan fingerprint density at radius 2 is 2.18 bits per heavy atom. The van der Waals surface area contributed by atoms with Gasteiger partial charge in [-0.2, -0.15) is 0 Å². The number of nitrogens with two attached hydrogens (primary N) is 1. The van der Waals surface area contributed by atoms with Crippen LogP contribution in [0, 0.1) is 5.92 Å². The zero-order chi connectivity index (χ0) is 7.84. The molecule has 0 amide bonds. The average Bonchev–Trinajstić information content (AvgIpc) is 2.30. The lowest BCUT2D eigenvalue weighted by molar-refractivity contribution is 0.194. The summed E-state index contributed by atoms with van der Waals surface area (Å²) in [6.45, 7) is 2.11. The van der Waals surface area contributed by atoms with Crippen molar-refractivity contribution in [2.45, 2.75) is 38.6 Å². The van der Waals surface area contributed by atoms with Gasteiger partial charge in [-0.1, -0.05) is 18.9 Å². The monoisotopic (exact) mass is 152 g/mol. The van der Waals surface area contributed by atoms with E-state index in [9.17, 15) is 0 Å². The topological polar surface area (TPSA) is 29.3 Å². The minimum Gasteiger partial charge on any atom is -0.312 e. The molecule has 1 aliphatic heterocycles. The maximum absolute atomic E-state index is 5.90. The number of fused-ring (bicyclic) bond motifs is 1. The Morgan fingerprint density at radius 3 is 2.91 bits per heavy atom. The van der Waals surface area contributed by atoms with Crippen LogP contribution in [0.2, 0.25) is 0 Å². The molecule has 0 aromatic heterocycles. The van der Waals surface area contributed by atoms with Crippen LogP contribution in [0.25, 0.3) is 0 Å². The third-order valence-electron chi connectivity index (χ3n) is 3.00. The normalized spacial score (nSPS) is 36.9. The third kappa shape index (κ3) is 1.06. The smallest absolute Gasteiger partial charge is 0.0511 e. The van der Waals surface area contributed by atoms with Crippen molar-refractivity contribution in [1.29, 1.82) is 0 Å². The van der Waals surface area contributed by atoms with E-state index in [-0.39, 0.29) is 0 Å². The molecule has 2 aliphatic rings. The molecular formula is C9H16N2. The van der Waals surface area contributed by atoms with Gasteiger partial charge in [0.15, 0.2) is 0 Å². The van der Waals surface area contributed by atoms with Crippen molar-refractivity contribution in [3.63, 3.8) is 0 Å². The van der Waals surface area contributed by atoms with Crippen LogP contribution in [0.15, 0.2) is 11.8 Å². The number of hydrogen-bond donors (Lipinski definition) is 1. The Bertz CT molecular complexity index is 186. The number of nitrogens with zero attached hydrogens (tertiary/aromatic N) is 1. The van der Waals surface area contributed by atoms with Crippen molar-refractivity contribution >= 4 is 0 Å². The van der Waals surface area contributed by atoms with Crippen LogP contribution in [0.1, 0.15) is 32.6 Å². The average molecular weight is 152 g/mol. The molecule has 2 atom stereocenters. The van der Waals surface area contributed by atoms with E-state index in [1.165, 1.54) is 31.4 Å². The summed E-state index contributed by atoms with van der Waals surface area (Å²) in [5.41, 5.74) is 1.27. The third-order valence-corrected chi connectivity index (χ3v) is 3.00. The van der Waals surface area contributed by atoms with Crippen molar-refractivity contribution in [3.8, 4) is 0 Å². The fraction of sp³-hybridized carbons (Fsp3) is 0.778. The van der Waals surface area contributed by atoms with Crippen molar-refractivity contribution in [2.75, 3.05) is 0 Å². The van der Waals surface area contributed by atoms with Gasteiger partial charge in [0.1, 0.15) is 0 Å². The van der Waals surface area contributed by atoms with Gasteiger partial charge in [0.2, 0.25) is 0 Å². The van der Waals surface area contributed by atoms with Crippen LogP contribution in [-0.2, 0) is 0 Å². The Morgan fingerprint density at radius 1 is 1.45 bits per heavy atom. The first kappa shape index (κ1) is 7.17. The summed E-state index contributed by atoms with van der Waals surface area (Å²) in [6, 6.07) is 0.628. The maximum atomic E-state index is 5.90. The van der Waals surface area contributed by atoms with Crippen LogP contribution in [-0.4, -0.2) is 11.1 Å². The van der Waals surface area contributed by atoms with Crippen molar-refractivity contribution in [3.05, 3.63) is 11.8 Å². The highest BCUT2D eigenvalue weighted by Gasteiger charge is 2.32. The van der Waals surface area contributed by atoms with Crippen LogP contribution >= 0.6 is 0 Å². The minimum absolute atomic E-state index is 0.628. The highest BCUT2D eigenvalue weighted by Crippen LogP contribution is 2.34. The lowest BCUT2D eigenvalue weighted by Crippen LogP contribution is -2.40. The molecule has 1 saturated carbocycles. The standard InChI is InChI=1S/C9H16N2/c1-7-6-8-4-2-3-5-9(8)11(7)10/h6,8-9H,2-5,10H2,1H3. The molecule has 2 unspecified atom stereocenters. The molecule has 0 spiro atoms. The Labute approximate surface area is 68.0 Å². The molecule has 11 heavy (non-hydrogen) atoms. The molecule has 2 heteroatoms. The van der Waals surface area contributed by atoms with E-state index in [1.807, 2.05) is 5.01 Å². The van der Waals surface area contributed by atoms with Crippen molar-refractivity contribution in [2.24, 2.45) is 11.8 Å². The summed E-state index contributed by atoms with van der Waals surface area (Å²) in [5.74, 6) is 6.66. The summed E-state index contributed by atoms with van der Waals surface area (Å²) in [6.07, 6.45) is 7.71. The molecule has 1 fully saturated rings. The van der Waals surface area contributed by atoms with Gasteiger partial charge < -0.3 is 5.01 Å². The molecule has 0 saturated heterocycles. The number of hydrazine groups is 1. The predicted octanol–water partition coefficient (Wildman–Crippen LogP) is 1.64. The first-order valence-electron chi connectivity index (χ1n) is 4.51. The van der Waals surface area contributed by atoms with E-state index in [4.69, 9.17) is 5.84 Å². The number of rotatable bonds is 0. The minimum atomic E-state index is 0.628. The zero-order valence-electron chi connectivity index (χ0n) is 7.09. The van der Waals surface area contributed by atoms with Gasteiger partial charge in [-0.15, -0.1) is 0 Å². The first-order chi connectivity index (χ1) is 5.29. The Hall–Kier alpha value is -0.500. The Kier molecular flexibility index (Phi) is 1.64. The van der Waals surface area contributed by atoms with Crippen LogP contribution in [0.5, 0.6) is 0 Å². The van der Waals surface area contributed by atoms with E-state index >= 15 is 0 Å². The Balaban J connectivity index is 2.13. The summed E-state index contributed by atoms with van der Waals surface area (Å²) in [7, 11) is 0. The lowest BCUT2D eigenvalue weighted by Gasteiger charge is -2.30. The number of hydrogen-bond acceptors (Lipinski definition) is 2. The van der Waals surface area contributed by atoms with Gasteiger partial charge in [-0.3, -0.25) is 0 Å². The molecule has 2 N–H and O–H groups in total. The quantitative estimate of drug-likeness (QED) is 0.535. The van der Waals surface area contributed by atoms with E-state index in [2.05, 4.69) is 13.0 Å². The van der Waals surface area contributed by atoms with Gasteiger partial charge in [0.05, 0.1) is 6.04 Å². The first-order valence-corrected chi connectivity index (χ1v) is 4.51. The molecule has 1 aliphatic carbocycles. The lowest BCUT2D eigenvalue weighted by atomic mass is 9.86.